The maximum absolute atomic E-state index is 5.84. The molecule has 1 aromatic carbocycles. The summed E-state index contributed by atoms with van der Waals surface area (Å²) in [6, 6.07) is 9.99. The van der Waals surface area contributed by atoms with Crippen LogP contribution in [0.25, 0.3) is 0 Å². The fourth-order valence-corrected chi connectivity index (χ4v) is 2.08. The number of benzene rings is 1. The summed E-state index contributed by atoms with van der Waals surface area (Å²) < 4.78 is 11.5. The third-order valence-corrected chi connectivity index (χ3v) is 2.98. The fraction of sp³-hybridized carbons (Fsp3) is 0.353. The lowest BCUT2D eigenvalue weighted by Crippen LogP contribution is -2.17. The van der Waals surface area contributed by atoms with Gasteiger partial charge >= 0.3 is 0 Å². The summed E-state index contributed by atoms with van der Waals surface area (Å²) >= 11 is 0. The van der Waals surface area contributed by atoms with E-state index in [1.54, 1.807) is 12.4 Å². The van der Waals surface area contributed by atoms with E-state index in [2.05, 4.69) is 4.98 Å². The molecule has 2 rings (SSSR count). The summed E-state index contributed by atoms with van der Waals surface area (Å²) in [5.74, 6) is 1.51. The third kappa shape index (κ3) is 4.76. The van der Waals surface area contributed by atoms with Crippen LogP contribution in [-0.4, -0.2) is 17.6 Å². The largest absolute Gasteiger partial charge is 0.490 e. The van der Waals surface area contributed by atoms with Gasteiger partial charge in [-0.1, -0.05) is 12.1 Å². The molecule has 0 bridgehead atoms. The summed E-state index contributed by atoms with van der Waals surface area (Å²) in [6.45, 7) is 5.03. The van der Waals surface area contributed by atoms with E-state index in [-0.39, 0.29) is 6.04 Å². The van der Waals surface area contributed by atoms with Crippen molar-refractivity contribution in [1.29, 1.82) is 0 Å². The first-order valence-corrected chi connectivity index (χ1v) is 7.22. The molecule has 0 radical (unpaired) electrons. The zero-order chi connectivity index (χ0) is 15.1. The van der Waals surface area contributed by atoms with Crippen LogP contribution >= 0.6 is 0 Å². The number of rotatable bonds is 7. The number of pyridine rings is 1. The van der Waals surface area contributed by atoms with E-state index in [4.69, 9.17) is 15.2 Å². The van der Waals surface area contributed by atoms with Crippen LogP contribution in [0.2, 0.25) is 0 Å². The van der Waals surface area contributed by atoms with Gasteiger partial charge in [0.2, 0.25) is 0 Å². The zero-order valence-corrected chi connectivity index (χ0v) is 12.6. The molecule has 4 nitrogen and oxygen atoms in total. The van der Waals surface area contributed by atoms with E-state index in [1.165, 1.54) is 0 Å². The lowest BCUT2D eigenvalue weighted by molar-refractivity contribution is 0.269. The SMILES string of the molecule is CCOc1cc(CC(C)N)ccc1OCc1cccnc1. The zero-order valence-electron chi connectivity index (χ0n) is 12.6. The van der Waals surface area contributed by atoms with Crippen LogP contribution in [0.5, 0.6) is 11.5 Å². The van der Waals surface area contributed by atoms with Crippen molar-refractivity contribution in [2.75, 3.05) is 6.61 Å². The molecule has 0 spiro atoms. The molecule has 2 N–H and O–H groups in total. The minimum absolute atomic E-state index is 0.127. The Balaban J connectivity index is 2.10. The first-order chi connectivity index (χ1) is 10.2. The Hall–Kier alpha value is -2.07. The second kappa shape index (κ2) is 7.64. The van der Waals surface area contributed by atoms with Gasteiger partial charge in [0.05, 0.1) is 6.61 Å². The summed E-state index contributed by atoms with van der Waals surface area (Å²) in [6.07, 6.45) is 4.37. The Morgan fingerprint density at radius 3 is 2.67 bits per heavy atom. The van der Waals surface area contributed by atoms with Crippen molar-refractivity contribution in [3.8, 4) is 11.5 Å². The predicted molar refractivity (Wildman–Crippen MR) is 83.5 cm³/mol. The standard InChI is InChI=1S/C17H22N2O2/c1-3-20-17-10-14(9-13(2)18)6-7-16(17)21-12-15-5-4-8-19-11-15/h4-8,10-11,13H,3,9,12,18H2,1-2H3. The van der Waals surface area contributed by atoms with Crippen LogP contribution in [0.1, 0.15) is 25.0 Å². The molecule has 4 heteroatoms. The highest BCUT2D eigenvalue weighted by Gasteiger charge is 2.08. The summed E-state index contributed by atoms with van der Waals surface area (Å²) in [5, 5.41) is 0. The average Bonchev–Trinajstić information content (AvgIpc) is 2.47. The van der Waals surface area contributed by atoms with Gasteiger partial charge in [-0.05, 0) is 44.0 Å². The van der Waals surface area contributed by atoms with Gasteiger partial charge in [-0.2, -0.15) is 0 Å². The highest BCUT2D eigenvalue weighted by Crippen LogP contribution is 2.29. The Morgan fingerprint density at radius 2 is 2.00 bits per heavy atom. The Kier molecular flexibility index (Phi) is 5.58. The number of nitrogens with zero attached hydrogens (tertiary/aromatic N) is 1. The van der Waals surface area contributed by atoms with Crippen molar-refractivity contribution >= 4 is 0 Å². The normalized spacial score (nSPS) is 12.0. The van der Waals surface area contributed by atoms with Gasteiger partial charge < -0.3 is 15.2 Å². The summed E-state index contributed by atoms with van der Waals surface area (Å²) in [7, 11) is 0. The molecule has 1 heterocycles. The van der Waals surface area contributed by atoms with Crippen molar-refractivity contribution in [2.45, 2.75) is 32.9 Å². The van der Waals surface area contributed by atoms with Crippen molar-refractivity contribution < 1.29 is 9.47 Å². The smallest absolute Gasteiger partial charge is 0.161 e. The van der Waals surface area contributed by atoms with E-state index in [0.29, 0.717) is 13.2 Å². The molecule has 21 heavy (non-hydrogen) atoms. The van der Waals surface area contributed by atoms with Crippen LogP contribution in [0, 0.1) is 0 Å². The van der Waals surface area contributed by atoms with Gasteiger partial charge in [0.25, 0.3) is 0 Å². The minimum Gasteiger partial charge on any atom is -0.490 e. The predicted octanol–water partition coefficient (Wildman–Crippen LogP) is 2.95. The third-order valence-electron chi connectivity index (χ3n) is 2.98. The molecule has 1 atom stereocenters. The average molecular weight is 286 g/mol. The number of ether oxygens (including phenoxy) is 2. The number of hydrogen-bond acceptors (Lipinski definition) is 4. The van der Waals surface area contributed by atoms with E-state index in [1.807, 2.05) is 44.2 Å². The van der Waals surface area contributed by atoms with Crippen molar-refractivity contribution in [3.63, 3.8) is 0 Å². The Labute approximate surface area is 125 Å². The van der Waals surface area contributed by atoms with Crippen molar-refractivity contribution in [2.24, 2.45) is 5.73 Å². The molecule has 1 aromatic heterocycles. The highest BCUT2D eigenvalue weighted by molar-refractivity contribution is 5.43. The maximum atomic E-state index is 5.84. The lowest BCUT2D eigenvalue weighted by Gasteiger charge is -2.14. The molecule has 112 valence electrons. The van der Waals surface area contributed by atoms with Crippen LogP contribution < -0.4 is 15.2 Å². The molecule has 0 aliphatic rings. The summed E-state index contributed by atoms with van der Waals surface area (Å²) in [5.41, 5.74) is 8.02. The number of hydrogen-bond donors (Lipinski definition) is 1. The first kappa shape index (κ1) is 15.3. The molecule has 0 saturated carbocycles. The monoisotopic (exact) mass is 286 g/mol. The van der Waals surface area contributed by atoms with E-state index in [0.717, 1.165) is 29.0 Å². The van der Waals surface area contributed by atoms with E-state index >= 15 is 0 Å². The van der Waals surface area contributed by atoms with Gasteiger partial charge in [0, 0.05) is 24.0 Å². The van der Waals surface area contributed by atoms with Gasteiger partial charge in [0.1, 0.15) is 6.61 Å². The molecule has 0 aliphatic heterocycles. The molecule has 0 saturated heterocycles. The van der Waals surface area contributed by atoms with Gasteiger partial charge in [-0.15, -0.1) is 0 Å². The summed E-state index contributed by atoms with van der Waals surface area (Å²) in [4.78, 5) is 4.08. The quantitative estimate of drug-likeness (QED) is 0.850. The topological polar surface area (TPSA) is 57.4 Å². The molecule has 0 amide bonds. The Bertz CT molecular complexity index is 556. The molecule has 0 fully saturated rings. The van der Waals surface area contributed by atoms with E-state index in [9.17, 15) is 0 Å². The minimum atomic E-state index is 0.127. The van der Waals surface area contributed by atoms with Crippen LogP contribution in [-0.2, 0) is 13.0 Å². The van der Waals surface area contributed by atoms with E-state index < -0.39 is 0 Å². The van der Waals surface area contributed by atoms with Crippen molar-refractivity contribution in [3.05, 3.63) is 53.9 Å². The van der Waals surface area contributed by atoms with Crippen LogP contribution in [0.3, 0.4) is 0 Å². The molecule has 1 unspecified atom stereocenters. The number of nitrogens with two attached hydrogens (primary N) is 1. The van der Waals surface area contributed by atoms with Gasteiger partial charge in [-0.3, -0.25) is 4.98 Å². The second-order valence-corrected chi connectivity index (χ2v) is 5.05. The van der Waals surface area contributed by atoms with Gasteiger partial charge in [-0.25, -0.2) is 0 Å². The molecule has 0 aliphatic carbocycles. The molecular formula is C17H22N2O2. The van der Waals surface area contributed by atoms with Crippen LogP contribution in [0.15, 0.2) is 42.7 Å². The number of aromatic nitrogens is 1. The van der Waals surface area contributed by atoms with Crippen molar-refractivity contribution in [1.82, 2.24) is 4.98 Å². The highest BCUT2D eigenvalue weighted by atomic mass is 16.5. The van der Waals surface area contributed by atoms with Gasteiger partial charge in [0.15, 0.2) is 11.5 Å². The van der Waals surface area contributed by atoms with Crippen LogP contribution in [0.4, 0.5) is 0 Å². The lowest BCUT2D eigenvalue weighted by atomic mass is 10.1. The Morgan fingerprint density at radius 1 is 1.14 bits per heavy atom. The molecular weight excluding hydrogens is 264 g/mol. The fourth-order valence-electron chi connectivity index (χ4n) is 2.08. The maximum Gasteiger partial charge on any atom is 0.161 e. The second-order valence-electron chi connectivity index (χ2n) is 5.05. The first-order valence-electron chi connectivity index (χ1n) is 7.22. The molecule has 2 aromatic rings.